The largest absolute Gasteiger partial charge is 0.350 e. The Morgan fingerprint density at radius 3 is 2.64 bits per heavy atom. The van der Waals surface area contributed by atoms with E-state index in [0.29, 0.717) is 23.9 Å². The summed E-state index contributed by atoms with van der Waals surface area (Å²) in [5, 5.41) is 0. The molecule has 6 atom stereocenters. The summed E-state index contributed by atoms with van der Waals surface area (Å²) in [4.78, 5) is 0. The maximum Gasteiger partial charge on any atom is 0.163 e. The fourth-order valence-electron chi connectivity index (χ4n) is 6.34. The molecule has 0 unspecified atom stereocenters. The zero-order valence-corrected chi connectivity index (χ0v) is 17.0. The zero-order chi connectivity index (χ0) is 17.9. The van der Waals surface area contributed by atoms with Gasteiger partial charge in [-0.05, 0) is 77.0 Å². The van der Waals surface area contributed by atoms with Crippen molar-refractivity contribution in [2.45, 2.75) is 79.1 Å². The molecule has 0 N–H and O–H groups in total. The van der Waals surface area contributed by atoms with Crippen molar-refractivity contribution < 1.29 is 9.47 Å². The van der Waals surface area contributed by atoms with Gasteiger partial charge in [0.2, 0.25) is 0 Å². The lowest BCUT2D eigenvalue weighted by molar-refractivity contribution is -0.310. The maximum atomic E-state index is 6.60. The van der Waals surface area contributed by atoms with E-state index in [0.717, 1.165) is 24.4 Å². The highest BCUT2D eigenvalue weighted by molar-refractivity contribution is 5.33. The molecule has 1 saturated carbocycles. The molecule has 0 amide bonds. The van der Waals surface area contributed by atoms with Crippen LogP contribution in [0.25, 0.3) is 0 Å². The predicted octanol–water partition coefficient (Wildman–Crippen LogP) is 5.74. The summed E-state index contributed by atoms with van der Waals surface area (Å²) in [6.45, 7) is 14.7. The van der Waals surface area contributed by atoms with Crippen molar-refractivity contribution in [3.63, 3.8) is 0 Å². The van der Waals surface area contributed by atoms with Crippen molar-refractivity contribution in [1.29, 1.82) is 0 Å². The van der Waals surface area contributed by atoms with Crippen LogP contribution in [0.1, 0.15) is 67.2 Å². The number of hydrogen-bond acceptors (Lipinski definition) is 2. The van der Waals surface area contributed by atoms with Gasteiger partial charge < -0.3 is 9.47 Å². The second-order valence-electron chi connectivity index (χ2n) is 9.89. The van der Waals surface area contributed by atoms with Gasteiger partial charge in [0.1, 0.15) is 0 Å². The van der Waals surface area contributed by atoms with Crippen LogP contribution in [-0.4, -0.2) is 18.5 Å². The van der Waals surface area contributed by atoms with Crippen LogP contribution in [0, 0.1) is 35.5 Å². The van der Waals surface area contributed by atoms with Crippen molar-refractivity contribution in [1.82, 2.24) is 0 Å². The molecule has 3 aliphatic carbocycles. The summed E-state index contributed by atoms with van der Waals surface area (Å²) in [5.74, 6) is 3.60. The molecule has 2 nitrogen and oxygen atoms in total. The molecule has 0 spiro atoms. The van der Waals surface area contributed by atoms with Crippen LogP contribution < -0.4 is 0 Å². The van der Waals surface area contributed by atoms with Crippen LogP contribution in [0.4, 0.5) is 0 Å². The molecule has 25 heavy (non-hydrogen) atoms. The van der Waals surface area contributed by atoms with Gasteiger partial charge in [0.05, 0.1) is 12.7 Å². The Balaban J connectivity index is 1.83. The molecule has 0 radical (unpaired) electrons. The van der Waals surface area contributed by atoms with Crippen molar-refractivity contribution in [2.24, 2.45) is 35.5 Å². The Morgan fingerprint density at radius 2 is 1.92 bits per heavy atom. The minimum atomic E-state index is -0.436. The minimum absolute atomic E-state index is 0.338. The van der Waals surface area contributed by atoms with Crippen molar-refractivity contribution in [3.05, 3.63) is 22.8 Å². The van der Waals surface area contributed by atoms with Crippen LogP contribution in [0.3, 0.4) is 0 Å². The molecule has 1 heterocycles. The lowest BCUT2D eigenvalue weighted by Gasteiger charge is -2.56. The molecule has 140 valence electrons. The molecule has 0 aromatic heterocycles. The second kappa shape index (κ2) is 6.23. The van der Waals surface area contributed by atoms with Gasteiger partial charge in [-0.15, -0.1) is 0 Å². The molecule has 2 heteroatoms. The van der Waals surface area contributed by atoms with Crippen molar-refractivity contribution in [3.8, 4) is 0 Å². The van der Waals surface area contributed by atoms with Crippen LogP contribution in [0.5, 0.6) is 0 Å². The van der Waals surface area contributed by atoms with E-state index in [9.17, 15) is 0 Å². The predicted molar refractivity (Wildman–Crippen MR) is 102 cm³/mol. The number of ether oxygens (including phenoxy) is 2. The molecule has 1 aliphatic heterocycles. The van der Waals surface area contributed by atoms with Gasteiger partial charge >= 0.3 is 0 Å². The smallest absolute Gasteiger partial charge is 0.163 e. The van der Waals surface area contributed by atoms with E-state index in [2.05, 4.69) is 47.6 Å². The van der Waals surface area contributed by atoms with Crippen molar-refractivity contribution in [2.75, 3.05) is 6.61 Å². The quantitative estimate of drug-likeness (QED) is 0.565. The molecule has 4 aliphatic rings. The highest BCUT2D eigenvalue weighted by Crippen LogP contribution is 2.57. The van der Waals surface area contributed by atoms with Crippen LogP contribution in [-0.2, 0) is 9.47 Å². The number of allylic oxidation sites excluding steroid dienone is 3. The molecular formula is C23H36O2. The third kappa shape index (κ3) is 2.94. The van der Waals surface area contributed by atoms with E-state index in [1.54, 1.807) is 16.7 Å². The molecular weight excluding hydrogens is 308 g/mol. The lowest BCUT2D eigenvalue weighted by atomic mass is 9.54. The molecule has 1 saturated heterocycles. The van der Waals surface area contributed by atoms with Crippen LogP contribution >= 0.6 is 0 Å². The van der Waals surface area contributed by atoms with E-state index < -0.39 is 5.79 Å². The first-order valence-corrected chi connectivity index (χ1v) is 10.5. The Kier molecular flexibility index (Phi) is 4.44. The van der Waals surface area contributed by atoms with Crippen LogP contribution in [0.2, 0.25) is 0 Å². The summed E-state index contributed by atoms with van der Waals surface area (Å²) in [6.07, 6.45) is 8.00. The lowest BCUT2D eigenvalue weighted by Crippen LogP contribution is -2.56. The van der Waals surface area contributed by atoms with Gasteiger partial charge in [-0.25, -0.2) is 0 Å². The van der Waals surface area contributed by atoms with Gasteiger partial charge in [-0.2, -0.15) is 0 Å². The van der Waals surface area contributed by atoms with E-state index >= 15 is 0 Å². The summed E-state index contributed by atoms with van der Waals surface area (Å²) < 4.78 is 12.7. The van der Waals surface area contributed by atoms with Crippen molar-refractivity contribution >= 4 is 0 Å². The van der Waals surface area contributed by atoms with Gasteiger partial charge in [0.15, 0.2) is 5.79 Å². The van der Waals surface area contributed by atoms with Gasteiger partial charge in [0, 0.05) is 11.8 Å². The first kappa shape index (κ1) is 17.8. The molecule has 0 aromatic carbocycles. The number of rotatable bonds is 1. The fraction of sp³-hybridized carbons (Fsp3) is 0.826. The van der Waals surface area contributed by atoms with E-state index in [1.807, 2.05) is 0 Å². The van der Waals surface area contributed by atoms with E-state index in [-0.39, 0.29) is 0 Å². The van der Waals surface area contributed by atoms with Gasteiger partial charge in [-0.3, -0.25) is 0 Å². The maximum absolute atomic E-state index is 6.60. The normalized spacial score (nSPS) is 45.3. The molecule has 0 aromatic rings. The summed E-state index contributed by atoms with van der Waals surface area (Å²) in [6, 6.07) is 0. The Hall–Kier alpha value is -0.600. The highest BCUT2D eigenvalue weighted by Gasteiger charge is 2.53. The molecule has 4 bridgehead atoms. The SMILES string of the molecule is CC1=C2[C@@H]3[C@@H]4OC(C)(C)OC[C@@H]4C[C@H]2[C@@H](C(C)C)C/C=C(/C)[C@@H]3CC1. The Bertz CT molecular complexity index is 597. The Labute approximate surface area is 154 Å². The number of fused-ring (bicyclic) bond motifs is 1. The summed E-state index contributed by atoms with van der Waals surface area (Å²) in [7, 11) is 0. The monoisotopic (exact) mass is 344 g/mol. The molecule has 4 rings (SSSR count). The summed E-state index contributed by atoms with van der Waals surface area (Å²) >= 11 is 0. The molecule has 2 fully saturated rings. The fourth-order valence-corrected chi connectivity index (χ4v) is 6.34. The van der Waals surface area contributed by atoms with Gasteiger partial charge in [0.25, 0.3) is 0 Å². The minimum Gasteiger partial charge on any atom is -0.350 e. The number of hydrogen-bond donors (Lipinski definition) is 0. The van der Waals surface area contributed by atoms with E-state index in [4.69, 9.17) is 9.47 Å². The highest BCUT2D eigenvalue weighted by atomic mass is 16.7. The summed E-state index contributed by atoms with van der Waals surface area (Å²) in [5.41, 5.74) is 5.09. The Morgan fingerprint density at radius 1 is 1.16 bits per heavy atom. The van der Waals surface area contributed by atoms with Crippen LogP contribution in [0.15, 0.2) is 22.8 Å². The third-order valence-electron chi connectivity index (χ3n) is 7.63. The zero-order valence-electron chi connectivity index (χ0n) is 17.0. The first-order valence-electron chi connectivity index (χ1n) is 10.5. The average molecular weight is 345 g/mol. The third-order valence-corrected chi connectivity index (χ3v) is 7.63. The average Bonchev–Trinajstić information content (AvgIpc) is 2.53. The second-order valence-corrected chi connectivity index (χ2v) is 9.89. The van der Waals surface area contributed by atoms with Gasteiger partial charge in [-0.1, -0.05) is 36.6 Å². The van der Waals surface area contributed by atoms with E-state index in [1.165, 1.54) is 25.7 Å². The topological polar surface area (TPSA) is 18.5 Å². The first-order chi connectivity index (χ1) is 11.8. The standard InChI is InChI=1S/C23H36O2/c1-13(2)17-9-7-14(3)18-10-8-15(4)20-19(17)11-16-12-24-23(5,6)25-22(16)21(18)20/h7,13,16-19,21-22H,8-12H2,1-6H3/b14-7-/t16-,17+,18-,19-,21+,22+/m0/s1.